The Morgan fingerprint density at radius 3 is 3.07 bits per heavy atom. The molecule has 1 fully saturated rings. The predicted octanol–water partition coefficient (Wildman–Crippen LogP) is 1.12. The van der Waals surface area contributed by atoms with Crippen molar-refractivity contribution in [1.29, 1.82) is 0 Å². The van der Waals surface area contributed by atoms with Crippen molar-refractivity contribution >= 4 is 5.91 Å². The molecule has 2 heterocycles. The fourth-order valence-corrected chi connectivity index (χ4v) is 1.92. The standard InChI is InChI=1S/C11H15NO3/c1-8(13)9-4-5-12(7-9)11(14)10-3-2-6-15-10/h2-3,6,8-9,13H,4-5,7H2,1H3. The molecule has 1 amide bonds. The lowest BCUT2D eigenvalue weighted by Crippen LogP contribution is -2.30. The van der Waals surface area contributed by atoms with Gasteiger partial charge in [0.15, 0.2) is 5.76 Å². The Kier molecular flexibility index (Phi) is 2.77. The Morgan fingerprint density at radius 2 is 2.53 bits per heavy atom. The average Bonchev–Trinajstić information content (AvgIpc) is 2.88. The highest BCUT2D eigenvalue weighted by Crippen LogP contribution is 2.21. The summed E-state index contributed by atoms with van der Waals surface area (Å²) in [6.45, 7) is 3.10. The van der Waals surface area contributed by atoms with Crippen LogP contribution in [0.4, 0.5) is 0 Å². The summed E-state index contributed by atoms with van der Waals surface area (Å²) in [5.74, 6) is 0.494. The largest absolute Gasteiger partial charge is 0.459 e. The molecule has 0 spiro atoms. The van der Waals surface area contributed by atoms with E-state index in [0.29, 0.717) is 18.8 Å². The first-order valence-electron chi connectivity index (χ1n) is 5.19. The summed E-state index contributed by atoms with van der Waals surface area (Å²) in [7, 11) is 0. The third kappa shape index (κ3) is 2.04. The first-order chi connectivity index (χ1) is 7.18. The first kappa shape index (κ1) is 10.2. The Balaban J connectivity index is 1.99. The van der Waals surface area contributed by atoms with Crippen molar-refractivity contribution in [3.8, 4) is 0 Å². The van der Waals surface area contributed by atoms with Gasteiger partial charge in [0, 0.05) is 19.0 Å². The third-order valence-electron chi connectivity index (χ3n) is 2.93. The highest BCUT2D eigenvalue weighted by Gasteiger charge is 2.30. The number of rotatable bonds is 2. The fraction of sp³-hybridized carbons (Fsp3) is 0.545. The van der Waals surface area contributed by atoms with Crippen LogP contribution in [0.1, 0.15) is 23.9 Å². The fourth-order valence-electron chi connectivity index (χ4n) is 1.92. The van der Waals surface area contributed by atoms with Crippen molar-refractivity contribution < 1.29 is 14.3 Å². The van der Waals surface area contributed by atoms with Gasteiger partial charge in [-0.15, -0.1) is 0 Å². The number of furan rings is 1. The Labute approximate surface area is 88.5 Å². The zero-order valence-corrected chi connectivity index (χ0v) is 8.72. The van der Waals surface area contributed by atoms with Gasteiger partial charge < -0.3 is 14.4 Å². The molecule has 0 aliphatic carbocycles. The SMILES string of the molecule is CC(O)C1CCN(C(=O)c2ccco2)C1. The van der Waals surface area contributed by atoms with Crippen LogP contribution in [-0.4, -0.2) is 35.1 Å². The molecular weight excluding hydrogens is 194 g/mol. The predicted molar refractivity (Wildman–Crippen MR) is 54.4 cm³/mol. The number of hydrogen-bond acceptors (Lipinski definition) is 3. The molecule has 1 saturated heterocycles. The number of hydrogen-bond donors (Lipinski definition) is 1. The highest BCUT2D eigenvalue weighted by molar-refractivity contribution is 5.91. The molecule has 2 unspecified atom stereocenters. The number of carbonyl (C=O) groups is 1. The number of aliphatic hydroxyl groups excluding tert-OH is 1. The summed E-state index contributed by atoms with van der Waals surface area (Å²) >= 11 is 0. The second-order valence-corrected chi connectivity index (χ2v) is 4.02. The van der Waals surface area contributed by atoms with Crippen molar-refractivity contribution in [1.82, 2.24) is 4.90 Å². The summed E-state index contributed by atoms with van der Waals surface area (Å²) in [6.07, 6.45) is 2.01. The van der Waals surface area contributed by atoms with Crippen LogP contribution in [0.5, 0.6) is 0 Å². The molecule has 4 heteroatoms. The van der Waals surface area contributed by atoms with Crippen LogP contribution in [0.25, 0.3) is 0 Å². The lowest BCUT2D eigenvalue weighted by molar-refractivity contribution is 0.0732. The van der Waals surface area contributed by atoms with Gasteiger partial charge in [-0.05, 0) is 25.5 Å². The van der Waals surface area contributed by atoms with Gasteiger partial charge in [-0.1, -0.05) is 0 Å². The van der Waals surface area contributed by atoms with Gasteiger partial charge in [0.25, 0.3) is 5.91 Å². The molecule has 0 saturated carbocycles. The quantitative estimate of drug-likeness (QED) is 0.794. The maximum Gasteiger partial charge on any atom is 0.289 e. The van der Waals surface area contributed by atoms with Crippen LogP contribution in [0, 0.1) is 5.92 Å². The smallest absolute Gasteiger partial charge is 0.289 e. The van der Waals surface area contributed by atoms with Crippen molar-refractivity contribution in [2.24, 2.45) is 5.92 Å². The van der Waals surface area contributed by atoms with E-state index in [0.717, 1.165) is 6.42 Å². The first-order valence-corrected chi connectivity index (χ1v) is 5.19. The lowest BCUT2D eigenvalue weighted by atomic mass is 10.0. The molecular formula is C11H15NO3. The minimum atomic E-state index is -0.348. The van der Waals surface area contributed by atoms with Crippen molar-refractivity contribution in [3.05, 3.63) is 24.2 Å². The van der Waals surface area contributed by atoms with Gasteiger partial charge >= 0.3 is 0 Å². The molecule has 1 aliphatic heterocycles. The minimum Gasteiger partial charge on any atom is -0.459 e. The highest BCUT2D eigenvalue weighted by atomic mass is 16.3. The summed E-state index contributed by atoms with van der Waals surface area (Å²) in [5.41, 5.74) is 0. The normalized spacial score (nSPS) is 23.1. The van der Waals surface area contributed by atoms with E-state index in [2.05, 4.69) is 0 Å². The van der Waals surface area contributed by atoms with E-state index in [-0.39, 0.29) is 17.9 Å². The van der Waals surface area contributed by atoms with Gasteiger partial charge in [-0.2, -0.15) is 0 Å². The summed E-state index contributed by atoms with van der Waals surface area (Å²) in [5, 5.41) is 9.42. The van der Waals surface area contributed by atoms with Crippen LogP contribution >= 0.6 is 0 Å². The Morgan fingerprint density at radius 1 is 1.73 bits per heavy atom. The van der Waals surface area contributed by atoms with Crippen molar-refractivity contribution in [3.63, 3.8) is 0 Å². The molecule has 2 atom stereocenters. The van der Waals surface area contributed by atoms with Crippen LogP contribution < -0.4 is 0 Å². The number of carbonyl (C=O) groups excluding carboxylic acids is 1. The van der Waals surface area contributed by atoms with E-state index in [9.17, 15) is 9.90 Å². The Bertz CT molecular complexity index is 332. The molecule has 2 rings (SSSR count). The van der Waals surface area contributed by atoms with Crippen molar-refractivity contribution in [2.45, 2.75) is 19.4 Å². The number of likely N-dealkylation sites (tertiary alicyclic amines) is 1. The van der Waals surface area contributed by atoms with E-state index < -0.39 is 0 Å². The molecule has 0 radical (unpaired) electrons. The van der Waals surface area contributed by atoms with E-state index in [4.69, 9.17) is 4.42 Å². The molecule has 1 aromatic rings. The van der Waals surface area contributed by atoms with E-state index >= 15 is 0 Å². The van der Waals surface area contributed by atoms with E-state index in [1.165, 1.54) is 6.26 Å². The van der Waals surface area contributed by atoms with Gasteiger partial charge in [-0.3, -0.25) is 4.79 Å². The van der Waals surface area contributed by atoms with Crippen LogP contribution in [0.3, 0.4) is 0 Å². The second-order valence-electron chi connectivity index (χ2n) is 4.02. The molecule has 82 valence electrons. The van der Waals surface area contributed by atoms with Crippen LogP contribution in [-0.2, 0) is 0 Å². The molecule has 0 aromatic carbocycles. The monoisotopic (exact) mass is 209 g/mol. The van der Waals surface area contributed by atoms with Crippen LogP contribution in [0.15, 0.2) is 22.8 Å². The molecule has 15 heavy (non-hydrogen) atoms. The maximum absolute atomic E-state index is 11.8. The number of amides is 1. The zero-order valence-electron chi connectivity index (χ0n) is 8.72. The van der Waals surface area contributed by atoms with Gasteiger partial charge in [0.1, 0.15) is 0 Å². The average molecular weight is 209 g/mol. The summed E-state index contributed by atoms with van der Waals surface area (Å²) < 4.78 is 5.05. The van der Waals surface area contributed by atoms with Gasteiger partial charge in [0.05, 0.1) is 12.4 Å². The van der Waals surface area contributed by atoms with Crippen LogP contribution in [0.2, 0.25) is 0 Å². The maximum atomic E-state index is 11.8. The van der Waals surface area contributed by atoms with Gasteiger partial charge in [0.2, 0.25) is 0 Å². The molecule has 1 N–H and O–H groups in total. The second kappa shape index (κ2) is 4.06. The third-order valence-corrected chi connectivity index (χ3v) is 2.93. The molecule has 4 nitrogen and oxygen atoms in total. The molecule has 1 aliphatic rings. The lowest BCUT2D eigenvalue weighted by Gasteiger charge is -2.16. The summed E-state index contributed by atoms with van der Waals surface area (Å²) in [4.78, 5) is 13.6. The summed E-state index contributed by atoms with van der Waals surface area (Å²) in [6, 6.07) is 3.37. The molecule has 1 aromatic heterocycles. The Hall–Kier alpha value is -1.29. The minimum absolute atomic E-state index is 0.0804. The number of aliphatic hydroxyl groups is 1. The number of nitrogens with zero attached hydrogens (tertiary/aromatic N) is 1. The van der Waals surface area contributed by atoms with Crippen molar-refractivity contribution in [2.75, 3.05) is 13.1 Å². The molecule has 0 bridgehead atoms. The van der Waals surface area contributed by atoms with E-state index in [1.807, 2.05) is 0 Å². The topological polar surface area (TPSA) is 53.7 Å². The van der Waals surface area contributed by atoms with Gasteiger partial charge in [-0.25, -0.2) is 0 Å². The van der Waals surface area contributed by atoms with E-state index in [1.54, 1.807) is 24.0 Å². The zero-order chi connectivity index (χ0) is 10.8.